The van der Waals surface area contributed by atoms with Crippen LogP contribution in [0.5, 0.6) is 5.75 Å². The minimum Gasteiger partial charge on any atom is -0.484 e. The fraction of sp³-hybridized carbons (Fsp3) is 0.200. The van der Waals surface area contributed by atoms with Crippen molar-refractivity contribution >= 4 is 33.5 Å². The summed E-state index contributed by atoms with van der Waals surface area (Å²) in [5.41, 5.74) is 4.75. The first-order chi connectivity index (χ1) is 14.4. The van der Waals surface area contributed by atoms with Crippen LogP contribution < -0.4 is 15.5 Å². The number of aryl methyl sites for hydroxylation is 3. The number of hydrogen-bond donors (Lipinski definition) is 1. The molecule has 0 aliphatic carbocycles. The predicted octanol–water partition coefficient (Wildman–Crippen LogP) is 5.14. The summed E-state index contributed by atoms with van der Waals surface area (Å²) in [6.45, 7) is 5.92. The second-order valence-corrected chi connectivity index (χ2v) is 7.41. The van der Waals surface area contributed by atoms with Crippen molar-refractivity contribution in [3.8, 4) is 5.75 Å². The fourth-order valence-electron chi connectivity index (χ4n) is 3.35. The molecule has 0 aliphatic rings. The maximum Gasteiger partial charge on any atom is 0.262 e. The molecule has 0 saturated heterocycles. The van der Waals surface area contributed by atoms with Gasteiger partial charge in [-0.2, -0.15) is 0 Å². The molecule has 30 heavy (non-hydrogen) atoms. The van der Waals surface area contributed by atoms with Crippen LogP contribution in [0.25, 0.3) is 21.9 Å². The van der Waals surface area contributed by atoms with Crippen molar-refractivity contribution in [2.24, 2.45) is 0 Å². The van der Waals surface area contributed by atoms with Crippen molar-refractivity contribution in [2.45, 2.75) is 27.2 Å². The topological polar surface area (TPSA) is 68.5 Å². The third-order valence-corrected chi connectivity index (χ3v) is 5.27. The Labute approximate surface area is 174 Å². The maximum atomic E-state index is 12.8. The van der Waals surface area contributed by atoms with Gasteiger partial charge in [0.05, 0.1) is 10.8 Å². The molecule has 1 N–H and O–H groups in total. The lowest BCUT2D eigenvalue weighted by atomic mass is 10.1. The van der Waals surface area contributed by atoms with E-state index in [1.165, 1.54) is 5.56 Å². The highest BCUT2D eigenvalue weighted by atomic mass is 16.5. The van der Waals surface area contributed by atoms with Crippen molar-refractivity contribution < 1.29 is 13.9 Å². The second kappa shape index (κ2) is 8.03. The molecule has 1 aromatic heterocycles. The smallest absolute Gasteiger partial charge is 0.262 e. The highest BCUT2D eigenvalue weighted by Crippen LogP contribution is 2.24. The number of carbonyl (C=O) groups excluding carboxylic acids is 1. The molecule has 0 atom stereocenters. The summed E-state index contributed by atoms with van der Waals surface area (Å²) in [6.07, 6.45) is 0.952. The molecule has 5 heteroatoms. The largest absolute Gasteiger partial charge is 0.484 e. The van der Waals surface area contributed by atoms with Gasteiger partial charge >= 0.3 is 0 Å². The van der Waals surface area contributed by atoms with Crippen LogP contribution in [0.15, 0.2) is 63.8 Å². The average molecular weight is 401 g/mol. The van der Waals surface area contributed by atoms with E-state index in [0.29, 0.717) is 33.4 Å². The zero-order chi connectivity index (χ0) is 21.3. The molecule has 0 bridgehead atoms. The number of anilines is 1. The summed E-state index contributed by atoms with van der Waals surface area (Å²) in [6, 6.07) is 16.4. The van der Waals surface area contributed by atoms with Gasteiger partial charge in [0.2, 0.25) is 5.43 Å². The predicted molar refractivity (Wildman–Crippen MR) is 119 cm³/mol. The molecule has 4 aromatic rings. The highest BCUT2D eigenvalue weighted by molar-refractivity contribution is 5.96. The first kappa shape index (κ1) is 19.7. The lowest BCUT2D eigenvalue weighted by Gasteiger charge is -2.09. The highest BCUT2D eigenvalue weighted by Gasteiger charge is 2.11. The van der Waals surface area contributed by atoms with E-state index in [0.717, 1.165) is 17.5 Å². The Morgan fingerprint density at radius 2 is 1.63 bits per heavy atom. The molecule has 0 fully saturated rings. The Balaban J connectivity index is 1.53. The van der Waals surface area contributed by atoms with Crippen molar-refractivity contribution in [3.63, 3.8) is 0 Å². The number of fused-ring (bicyclic) bond motifs is 2. The Kier molecular flexibility index (Phi) is 5.27. The molecular weight excluding hydrogens is 378 g/mol. The van der Waals surface area contributed by atoms with Crippen LogP contribution in [0.4, 0.5) is 5.69 Å². The minimum absolute atomic E-state index is 0.0777. The zero-order valence-electron chi connectivity index (χ0n) is 17.2. The van der Waals surface area contributed by atoms with E-state index in [9.17, 15) is 9.59 Å². The summed E-state index contributed by atoms with van der Waals surface area (Å²) < 4.78 is 11.5. The van der Waals surface area contributed by atoms with Crippen LogP contribution in [0.3, 0.4) is 0 Å². The van der Waals surface area contributed by atoms with Gasteiger partial charge in [0.25, 0.3) is 5.91 Å². The lowest BCUT2D eigenvalue weighted by molar-refractivity contribution is -0.118. The van der Waals surface area contributed by atoms with Crippen LogP contribution in [-0.2, 0) is 11.2 Å². The number of ether oxygens (including phenoxy) is 1. The Morgan fingerprint density at radius 3 is 2.37 bits per heavy atom. The van der Waals surface area contributed by atoms with Gasteiger partial charge in [-0.1, -0.05) is 19.1 Å². The molecule has 0 radical (unpaired) electrons. The molecule has 1 amide bonds. The van der Waals surface area contributed by atoms with E-state index >= 15 is 0 Å². The van der Waals surface area contributed by atoms with Crippen LogP contribution in [0.2, 0.25) is 0 Å². The summed E-state index contributed by atoms with van der Waals surface area (Å²) in [5.74, 6) is 0.354. The van der Waals surface area contributed by atoms with Crippen LogP contribution in [0, 0.1) is 13.8 Å². The third kappa shape index (κ3) is 3.92. The number of carbonyl (C=O) groups is 1. The van der Waals surface area contributed by atoms with Gasteiger partial charge in [-0.05, 0) is 73.4 Å². The molecule has 152 valence electrons. The first-order valence-corrected chi connectivity index (χ1v) is 9.94. The molecule has 5 nitrogen and oxygen atoms in total. The normalized spacial score (nSPS) is 11.0. The summed E-state index contributed by atoms with van der Waals surface area (Å²) >= 11 is 0. The molecular formula is C25H23NO4. The molecule has 0 saturated carbocycles. The van der Waals surface area contributed by atoms with Gasteiger partial charge < -0.3 is 14.5 Å². The summed E-state index contributed by atoms with van der Waals surface area (Å²) in [5, 5.41) is 3.83. The van der Waals surface area contributed by atoms with Crippen molar-refractivity contribution in [1.82, 2.24) is 0 Å². The third-order valence-electron chi connectivity index (χ3n) is 5.27. The Morgan fingerprint density at radius 1 is 0.933 bits per heavy atom. The van der Waals surface area contributed by atoms with E-state index in [-0.39, 0.29) is 17.9 Å². The fourth-order valence-corrected chi connectivity index (χ4v) is 3.35. The Hall–Kier alpha value is -3.60. The zero-order valence-corrected chi connectivity index (χ0v) is 17.2. The van der Waals surface area contributed by atoms with E-state index in [2.05, 4.69) is 12.2 Å². The van der Waals surface area contributed by atoms with Crippen LogP contribution in [0.1, 0.15) is 23.6 Å². The van der Waals surface area contributed by atoms with Gasteiger partial charge in [0, 0.05) is 11.8 Å². The summed E-state index contributed by atoms with van der Waals surface area (Å²) in [7, 11) is 0. The minimum atomic E-state index is -0.288. The number of nitrogens with one attached hydrogen (secondary N) is 1. The van der Waals surface area contributed by atoms with E-state index in [1.807, 2.05) is 50.2 Å². The lowest BCUT2D eigenvalue weighted by Crippen LogP contribution is -2.20. The number of benzene rings is 3. The van der Waals surface area contributed by atoms with Gasteiger partial charge in [0.1, 0.15) is 16.9 Å². The van der Waals surface area contributed by atoms with Crippen molar-refractivity contribution in [2.75, 3.05) is 11.9 Å². The van der Waals surface area contributed by atoms with Gasteiger partial charge in [-0.25, -0.2) is 0 Å². The van der Waals surface area contributed by atoms with Crippen LogP contribution >= 0.6 is 0 Å². The van der Waals surface area contributed by atoms with E-state index in [4.69, 9.17) is 9.15 Å². The molecule has 0 aliphatic heterocycles. The monoisotopic (exact) mass is 401 g/mol. The van der Waals surface area contributed by atoms with E-state index in [1.54, 1.807) is 18.2 Å². The molecule has 3 aromatic carbocycles. The quantitative estimate of drug-likeness (QED) is 0.470. The van der Waals surface area contributed by atoms with Crippen LogP contribution in [-0.4, -0.2) is 12.5 Å². The summed E-state index contributed by atoms with van der Waals surface area (Å²) in [4.78, 5) is 25.1. The van der Waals surface area contributed by atoms with Crippen molar-refractivity contribution in [3.05, 3.63) is 81.5 Å². The molecule has 1 heterocycles. The SMILES string of the molecule is CCc1ccc(OCC(=O)Nc2ccc3c(=O)c4cc(C)c(C)cc4oc3c2)cc1. The molecule has 0 unspecified atom stereocenters. The number of rotatable bonds is 5. The van der Waals surface area contributed by atoms with Crippen molar-refractivity contribution in [1.29, 1.82) is 0 Å². The average Bonchev–Trinajstić information content (AvgIpc) is 2.74. The second-order valence-electron chi connectivity index (χ2n) is 7.41. The maximum absolute atomic E-state index is 12.8. The number of hydrogen-bond acceptors (Lipinski definition) is 4. The van der Waals surface area contributed by atoms with Gasteiger partial charge in [-0.15, -0.1) is 0 Å². The number of amides is 1. The first-order valence-electron chi connectivity index (χ1n) is 9.94. The molecule has 4 rings (SSSR count). The van der Waals surface area contributed by atoms with Gasteiger partial charge in [0.15, 0.2) is 6.61 Å². The standard InChI is InChI=1S/C25H23NO4/c1-4-17-5-8-19(9-6-17)29-14-24(27)26-18-7-10-20-23(13-18)30-22-12-16(3)15(2)11-21(22)25(20)28/h5-13H,4,14H2,1-3H3,(H,26,27). The molecule has 0 spiro atoms. The Bertz CT molecular complexity index is 1300. The van der Waals surface area contributed by atoms with E-state index < -0.39 is 0 Å². The van der Waals surface area contributed by atoms with Gasteiger partial charge in [-0.3, -0.25) is 9.59 Å².